The Morgan fingerprint density at radius 1 is 1.62 bits per heavy atom. The van der Waals surface area contributed by atoms with Crippen LogP contribution < -0.4 is 5.73 Å². The molecular formula is C13H22N2S. The number of piperidine rings is 1. The van der Waals surface area contributed by atoms with Crippen LogP contribution >= 0.6 is 11.3 Å². The SMILES string of the molecule is CC1CCCN(C(C)c2cccs2)C1CN. The maximum Gasteiger partial charge on any atom is 0.0416 e. The summed E-state index contributed by atoms with van der Waals surface area (Å²) in [4.78, 5) is 4.06. The summed E-state index contributed by atoms with van der Waals surface area (Å²) in [6.45, 7) is 6.64. The Balaban J connectivity index is 2.12. The first-order valence-electron chi connectivity index (χ1n) is 6.23. The van der Waals surface area contributed by atoms with E-state index in [2.05, 4.69) is 36.3 Å². The molecule has 1 aromatic rings. The third-order valence-corrected chi connectivity index (χ3v) is 4.90. The first-order valence-corrected chi connectivity index (χ1v) is 7.11. The molecule has 1 aliphatic heterocycles. The van der Waals surface area contributed by atoms with Gasteiger partial charge in [0.15, 0.2) is 0 Å². The van der Waals surface area contributed by atoms with E-state index < -0.39 is 0 Å². The van der Waals surface area contributed by atoms with Gasteiger partial charge in [-0.1, -0.05) is 13.0 Å². The van der Waals surface area contributed by atoms with Gasteiger partial charge >= 0.3 is 0 Å². The van der Waals surface area contributed by atoms with Gasteiger partial charge in [0.1, 0.15) is 0 Å². The highest BCUT2D eigenvalue weighted by Crippen LogP contribution is 2.32. The summed E-state index contributed by atoms with van der Waals surface area (Å²) in [6.07, 6.45) is 2.64. The lowest BCUT2D eigenvalue weighted by Crippen LogP contribution is -2.49. The van der Waals surface area contributed by atoms with E-state index in [-0.39, 0.29) is 0 Å². The summed E-state index contributed by atoms with van der Waals surface area (Å²) >= 11 is 1.86. The summed E-state index contributed by atoms with van der Waals surface area (Å²) in [5, 5.41) is 2.16. The number of likely N-dealkylation sites (tertiary alicyclic amines) is 1. The quantitative estimate of drug-likeness (QED) is 0.877. The molecule has 1 saturated heterocycles. The normalized spacial score (nSPS) is 29.2. The zero-order valence-corrected chi connectivity index (χ0v) is 11.0. The average Bonchev–Trinajstić information content (AvgIpc) is 2.81. The van der Waals surface area contributed by atoms with Gasteiger partial charge < -0.3 is 5.73 Å². The average molecular weight is 238 g/mol. The fraction of sp³-hybridized carbons (Fsp3) is 0.692. The largest absolute Gasteiger partial charge is 0.329 e. The second-order valence-corrected chi connectivity index (χ2v) is 5.83. The minimum Gasteiger partial charge on any atom is -0.329 e. The lowest BCUT2D eigenvalue weighted by Gasteiger charge is -2.42. The summed E-state index contributed by atoms with van der Waals surface area (Å²) in [7, 11) is 0. The molecular weight excluding hydrogens is 216 g/mol. The topological polar surface area (TPSA) is 29.3 Å². The van der Waals surface area contributed by atoms with Crippen LogP contribution in [-0.4, -0.2) is 24.0 Å². The summed E-state index contributed by atoms with van der Waals surface area (Å²) in [5.41, 5.74) is 5.94. The first kappa shape index (κ1) is 12.1. The Kier molecular flexibility index (Phi) is 4.00. The van der Waals surface area contributed by atoms with Crippen LogP contribution in [0.5, 0.6) is 0 Å². The molecule has 0 aromatic carbocycles. The van der Waals surface area contributed by atoms with Crippen LogP contribution in [0.2, 0.25) is 0 Å². The smallest absolute Gasteiger partial charge is 0.0416 e. The molecule has 3 heteroatoms. The number of thiophene rings is 1. The van der Waals surface area contributed by atoms with Gasteiger partial charge in [0, 0.05) is 23.5 Å². The number of rotatable bonds is 3. The van der Waals surface area contributed by atoms with Crippen molar-refractivity contribution in [2.75, 3.05) is 13.1 Å². The molecule has 1 aromatic heterocycles. The van der Waals surface area contributed by atoms with Crippen molar-refractivity contribution < 1.29 is 0 Å². The molecule has 90 valence electrons. The van der Waals surface area contributed by atoms with E-state index >= 15 is 0 Å². The number of hydrogen-bond acceptors (Lipinski definition) is 3. The molecule has 2 heterocycles. The monoisotopic (exact) mass is 238 g/mol. The van der Waals surface area contributed by atoms with Gasteiger partial charge in [0.05, 0.1) is 0 Å². The second kappa shape index (κ2) is 5.30. The number of nitrogens with two attached hydrogens (primary N) is 1. The minimum absolute atomic E-state index is 0.524. The van der Waals surface area contributed by atoms with Gasteiger partial charge in [-0.2, -0.15) is 0 Å². The number of nitrogens with zero attached hydrogens (tertiary/aromatic N) is 1. The van der Waals surface area contributed by atoms with Crippen LogP contribution in [0.15, 0.2) is 17.5 Å². The van der Waals surface area contributed by atoms with Crippen molar-refractivity contribution in [3.63, 3.8) is 0 Å². The Morgan fingerprint density at radius 2 is 2.44 bits per heavy atom. The summed E-state index contributed by atoms with van der Waals surface area (Å²) in [6, 6.07) is 5.46. The summed E-state index contributed by atoms with van der Waals surface area (Å²) in [5.74, 6) is 0.737. The third kappa shape index (κ3) is 2.31. The zero-order chi connectivity index (χ0) is 11.5. The van der Waals surface area contributed by atoms with E-state index in [9.17, 15) is 0 Å². The molecule has 16 heavy (non-hydrogen) atoms. The molecule has 2 nitrogen and oxygen atoms in total. The van der Waals surface area contributed by atoms with Gasteiger partial charge in [0.2, 0.25) is 0 Å². The van der Waals surface area contributed by atoms with Crippen molar-refractivity contribution in [2.24, 2.45) is 11.7 Å². The van der Waals surface area contributed by atoms with Crippen LogP contribution in [0.1, 0.15) is 37.6 Å². The van der Waals surface area contributed by atoms with Crippen LogP contribution in [0.4, 0.5) is 0 Å². The minimum atomic E-state index is 0.524. The van der Waals surface area contributed by atoms with Crippen LogP contribution in [-0.2, 0) is 0 Å². The third-order valence-electron chi connectivity index (χ3n) is 3.85. The predicted molar refractivity (Wildman–Crippen MR) is 70.7 cm³/mol. The van der Waals surface area contributed by atoms with Crippen LogP contribution in [0.25, 0.3) is 0 Å². The van der Waals surface area contributed by atoms with Gasteiger partial charge in [-0.3, -0.25) is 4.90 Å². The Hall–Kier alpha value is -0.380. The predicted octanol–water partition coefficient (Wildman–Crippen LogP) is 2.87. The van der Waals surface area contributed by atoms with Crippen molar-refractivity contribution in [3.05, 3.63) is 22.4 Å². The lowest BCUT2D eigenvalue weighted by molar-refractivity contribution is 0.0703. The van der Waals surface area contributed by atoms with Crippen LogP contribution in [0, 0.1) is 5.92 Å². The zero-order valence-electron chi connectivity index (χ0n) is 10.2. The van der Waals surface area contributed by atoms with Crippen LogP contribution in [0.3, 0.4) is 0 Å². The van der Waals surface area contributed by atoms with E-state index in [4.69, 9.17) is 5.73 Å². The summed E-state index contributed by atoms with van der Waals surface area (Å²) < 4.78 is 0. The highest BCUT2D eigenvalue weighted by Gasteiger charge is 2.31. The molecule has 3 atom stereocenters. The molecule has 0 amide bonds. The van der Waals surface area contributed by atoms with Crippen molar-refractivity contribution >= 4 is 11.3 Å². The fourth-order valence-corrected chi connectivity index (χ4v) is 3.63. The molecule has 0 bridgehead atoms. The van der Waals surface area contributed by atoms with E-state index in [1.807, 2.05) is 11.3 Å². The molecule has 1 fully saturated rings. The van der Waals surface area contributed by atoms with E-state index in [0.717, 1.165) is 12.5 Å². The highest BCUT2D eigenvalue weighted by atomic mass is 32.1. The first-order chi connectivity index (χ1) is 7.74. The molecule has 2 N–H and O–H groups in total. The highest BCUT2D eigenvalue weighted by molar-refractivity contribution is 7.10. The Labute approximate surface area is 102 Å². The van der Waals surface area contributed by atoms with Crippen molar-refractivity contribution in [1.29, 1.82) is 0 Å². The molecule has 0 aliphatic carbocycles. The molecule has 3 unspecified atom stereocenters. The van der Waals surface area contributed by atoms with Gasteiger partial charge in [-0.15, -0.1) is 11.3 Å². The van der Waals surface area contributed by atoms with Crippen molar-refractivity contribution in [2.45, 2.75) is 38.8 Å². The van der Waals surface area contributed by atoms with Gasteiger partial charge in [-0.05, 0) is 43.7 Å². The second-order valence-electron chi connectivity index (χ2n) is 4.85. The number of hydrogen-bond donors (Lipinski definition) is 1. The van der Waals surface area contributed by atoms with Crippen molar-refractivity contribution in [3.8, 4) is 0 Å². The fourth-order valence-electron chi connectivity index (χ4n) is 2.82. The molecule has 2 rings (SSSR count). The molecule has 0 saturated carbocycles. The molecule has 0 radical (unpaired) electrons. The molecule has 0 spiro atoms. The standard InChI is InChI=1S/C13H22N2S/c1-10-5-3-7-15(12(10)9-14)11(2)13-6-4-8-16-13/h4,6,8,10-12H,3,5,7,9,14H2,1-2H3. The van der Waals surface area contributed by atoms with E-state index in [0.29, 0.717) is 12.1 Å². The Morgan fingerprint density at radius 3 is 3.06 bits per heavy atom. The van der Waals surface area contributed by atoms with Gasteiger partial charge in [-0.25, -0.2) is 0 Å². The Bertz CT molecular complexity index is 310. The lowest BCUT2D eigenvalue weighted by atomic mass is 9.89. The van der Waals surface area contributed by atoms with Crippen molar-refractivity contribution in [1.82, 2.24) is 4.90 Å². The van der Waals surface area contributed by atoms with E-state index in [1.165, 1.54) is 24.3 Å². The maximum atomic E-state index is 5.94. The molecule has 1 aliphatic rings. The van der Waals surface area contributed by atoms with Gasteiger partial charge in [0.25, 0.3) is 0 Å². The maximum absolute atomic E-state index is 5.94. The van der Waals surface area contributed by atoms with E-state index in [1.54, 1.807) is 0 Å².